The van der Waals surface area contributed by atoms with E-state index in [0.717, 1.165) is 5.56 Å². The number of aromatic amines is 1. The lowest BCUT2D eigenvalue weighted by atomic mass is 10.1. The number of halogens is 2. The smallest absolute Gasteiger partial charge is 0.201 e. The SMILES string of the molecule is CNc1nc(=S)c(/C=C/C=O)c(-c2ccc(Cl)c(Cl)c2)[nH]1. The van der Waals surface area contributed by atoms with Crippen LogP contribution in [0, 0.1) is 4.64 Å². The van der Waals surface area contributed by atoms with Crippen LogP contribution in [0.1, 0.15) is 5.56 Å². The van der Waals surface area contributed by atoms with E-state index < -0.39 is 0 Å². The number of carbonyl (C=O) groups excluding carboxylic acids is 1. The van der Waals surface area contributed by atoms with Crippen LogP contribution in [-0.4, -0.2) is 23.3 Å². The number of anilines is 1. The van der Waals surface area contributed by atoms with Gasteiger partial charge in [-0.3, -0.25) is 4.79 Å². The fourth-order valence-corrected chi connectivity index (χ4v) is 2.33. The van der Waals surface area contributed by atoms with Crippen LogP contribution in [0.2, 0.25) is 10.0 Å². The van der Waals surface area contributed by atoms with E-state index in [1.54, 1.807) is 25.3 Å². The molecular weight excluding hydrogens is 329 g/mol. The second-order valence-electron chi connectivity index (χ2n) is 4.05. The molecule has 2 aromatic rings. The molecule has 0 atom stereocenters. The lowest BCUT2D eigenvalue weighted by Crippen LogP contribution is -2.01. The van der Waals surface area contributed by atoms with Crippen molar-refractivity contribution in [2.75, 3.05) is 12.4 Å². The van der Waals surface area contributed by atoms with E-state index in [1.807, 2.05) is 6.07 Å². The molecule has 0 spiro atoms. The third kappa shape index (κ3) is 3.50. The zero-order valence-corrected chi connectivity index (χ0v) is 13.3. The average Bonchev–Trinajstić information content (AvgIpc) is 2.48. The number of carbonyl (C=O) groups is 1. The molecule has 0 aliphatic heterocycles. The summed E-state index contributed by atoms with van der Waals surface area (Å²) in [5.74, 6) is 0.518. The van der Waals surface area contributed by atoms with Crippen molar-refractivity contribution in [1.82, 2.24) is 9.97 Å². The molecule has 1 aromatic heterocycles. The predicted octanol–water partition coefficient (Wildman–Crippen LogP) is 4.37. The molecule has 1 heterocycles. The first kappa shape index (κ1) is 15.7. The predicted molar refractivity (Wildman–Crippen MR) is 89.5 cm³/mol. The van der Waals surface area contributed by atoms with Gasteiger partial charge in [-0.05, 0) is 24.3 Å². The first-order valence-corrected chi connectivity index (χ1v) is 7.12. The van der Waals surface area contributed by atoms with Crippen LogP contribution in [0.15, 0.2) is 24.3 Å². The van der Waals surface area contributed by atoms with Crippen molar-refractivity contribution in [3.05, 3.63) is 44.5 Å². The van der Waals surface area contributed by atoms with Crippen molar-refractivity contribution < 1.29 is 4.79 Å². The summed E-state index contributed by atoms with van der Waals surface area (Å²) in [7, 11) is 1.73. The molecule has 21 heavy (non-hydrogen) atoms. The average molecular weight is 340 g/mol. The number of aldehydes is 1. The quantitative estimate of drug-likeness (QED) is 0.493. The molecule has 0 aliphatic carbocycles. The van der Waals surface area contributed by atoms with Gasteiger partial charge in [-0.2, -0.15) is 0 Å². The molecule has 0 aliphatic rings. The van der Waals surface area contributed by atoms with E-state index in [2.05, 4.69) is 15.3 Å². The third-order valence-corrected chi connectivity index (χ3v) is 3.79. The fraction of sp³-hybridized carbons (Fsp3) is 0.0714. The van der Waals surface area contributed by atoms with Crippen molar-refractivity contribution in [3.63, 3.8) is 0 Å². The van der Waals surface area contributed by atoms with E-state index in [1.165, 1.54) is 6.08 Å². The number of allylic oxidation sites excluding steroid dienone is 1. The fourth-order valence-electron chi connectivity index (χ4n) is 1.77. The Labute approximate surface area is 136 Å². The molecule has 0 radical (unpaired) electrons. The van der Waals surface area contributed by atoms with Gasteiger partial charge in [0.15, 0.2) is 0 Å². The monoisotopic (exact) mass is 339 g/mol. The van der Waals surface area contributed by atoms with Gasteiger partial charge in [0.2, 0.25) is 5.95 Å². The standard InChI is InChI=1S/C14H11Cl2N3OS/c1-17-14-18-12(8-4-5-10(15)11(16)7-8)9(3-2-6-20)13(21)19-14/h2-7H,1H3,(H2,17,18,19,21)/b3-2+. The zero-order chi connectivity index (χ0) is 15.4. The van der Waals surface area contributed by atoms with Crippen LogP contribution in [0.5, 0.6) is 0 Å². The van der Waals surface area contributed by atoms with Gasteiger partial charge in [0.1, 0.15) is 10.9 Å². The highest BCUT2D eigenvalue weighted by molar-refractivity contribution is 7.71. The highest BCUT2D eigenvalue weighted by Gasteiger charge is 2.10. The van der Waals surface area contributed by atoms with Crippen LogP contribution in [0.25, 0.3) is 17.3 Å². The largest absolute Gasteiger partial charge is 0.359 e. The van der Waals surface area contributed by atoms with Gasteiger partial charge in [-0.25, -0.2) is 4.98 Å². The minimum Gasteiger partial charge on any atom is -0.359 e. The second kappa shape index (κ2) is 6.85. The van der Waals surface area contributed by atoms with E-state index in [4.69, 9.17) is 35.4 Å². The lowest BCUT2D eigenvalue weighted by Gasteiger charge is -2.10. The first-order chi connectivity index (χ1) is 10.1. The molecule has 0 unspecified atom stereocenters. The molecule has 0 bridgehead atoms. The molecule has 7 heteroatoms. The van der Waals surface area contributed by atoms with E-state index in [0.29, 0.717) is 38.2 Å². The van der Waals surface area contributed by atoms with Gasteiger partial charge in [0, 0.05) is 18.2 Å². The minimum absolute atomic E-state index is 0.372. The highest BCUT2D eigenvalue weighted by atomic mass is 35.5. The van der Waals surface area contributed by atoms with Gasteiger partial charge in [0.05, 0.1) is 15.7 Å². The van der Waals surface area contributed by atoms with E-state index in [9.17, 15) is 4.79 Å². The summed E-state index contributed by atoms with van der Waals surface area (Å²) < 4.78 is 0.372. The number of nitrogens with one attached hydrogen (secondary N) is 2. The zero-order valence-electron chi connectivity index (χ0n) is 11.0. The maximum absolute atomic E-state index is 10.6. The van der Waals surface area contributed by atoms with Crippen molar-refractivity contribution in [3.8, 4) is 11.3 Å². The van der Waals surface area contributed by atoms with Gasteiger partial charge in [-0.15, -0.1) is 0 Å². The van der Waals surface area contributed by atoms with Crippen molar-refractivity contribution in [2.45, 2.75) is 0 Å². The summed E-state index contributed by atoms with van der Waals surface area (Å²) in [4.78, 5) is 17.9. The number of rotatable bonds is 4. The Morgan fingerprint density at radius 2 is 2.10 bits per heavy atom. The Balaban J connectivity index is 2.71. The number of hydrogen-bond acceptors (Lipinski definition) is 4. The van der Waals surface area contributed by atoms with Crippen molar-refractivity contribution in [2.24, 2.45) is 0 Å². The number of H-pyrrole nitrogens is 1. The molecular formula is C14H11Cl2N3OS. The minimum atomic E-state index is 0.372. The van der Waals surface area contributed by atoms with E-state index in [-0.39, 0.29) is 0 Å². The number of benzene rings is 1. The molecule has 2 rings (SSSR count). The van der Waals surface area contributed by atoms with Gasteiger partial charge in [0.25, 0.3) is 0 Å². The molecule has 2 N–H and O–H groups in total. The Bertz CT molecular complexity index is 771. The van der Waals surface area contributed by atoms with Gasteiger partial charge < -0.3 is 10.3 Å². The molecule has 108 valence electrons. The summed E-state index contributed by atoms with van der Waals surface area (Å²) in [5, 5.41) is 3.80. The van der Waals surface area contributed by atoms with Crippen LogP contribution < -0.4 is 5.32 Å². The van der Waals surface area contributed by atoms with Crippen molar-refractivity contribution in [1.29, 1.82) is 0 Å². The molecule has 0 saturated heterocycles. The van der Waals surface area contributed by atoms with Crippen LogP contribution in [0.3, 0.4) is 0 Å². The number of hydrogen-bond donors (Lipinski definition) is 2. The summed E-state index contributed by atoms with van der Waals surface area (Å²) in [5.41, 5.74) is 2.13. The summed E-state index contributed by atoms with van der Waals surface area (Å²) in [6, 6.07) is 5.23. The summed E-state index contributed by atoms with van der Waals surface area (Å²) >= 11 is 17.3. The normalized spacial score (nSPS) is 10.8. The van der Waals surface area contributed by atoms with Gasteiger partial charge >= 0.3 is 0 Å². The van der Waals surface area contributed by atoms with E-state index >= 15 is 0 Å². The molecule has 0 fully saturated rings. The maximum Gasteiger partial charge on any atom is 0.201 e. The van der Waals surface area contributed by atoms with Crippen LogP contribution in [0.4, 0.5) is 5.95 Å². The first-order valence-electron chi connectivity index (χ1n) is 5.96. The number of aromatic nitrogens is 2. The molecule has 4 nitrogen and oxygen atoms in total. The van der Waals surface area contributed by atoms with Crippen LogP contribution >= 0.6 is 35.4 Å². The summed E-state index contributed by atoms with van der Waals surface area (Å²) in [6.07, 6.45) is 3.65. The molecule has 0 amide bonds. The number of nitrogens with zero attached hydrogens (tertiary/aromatic N) is 1. The second-order valence-corrected chi connectivity index (χ2v) is 5.25. The maximum atomic E-state index is 10.6. The van der Waals surface area contributed by atoms with Crippen LogP contribution in [-0.2, 0) is 4.79 Å². The highest BCUT2D eigenvalue weighted by Crippen LogP contribution is 2.30. The lowest BCUT2D eigenvalue weighted by molar-refractivity contribution is -0.104. The molecule has 1 aromatic carbocycles. The Morgan fingerprint density at radius 1 is 1.33 bits per heavy atom. The molecule has 0 saturated carbocycles. The summed E-state index contributed by atoms with van der Waals surface area (Å²) in [6.45, 7) is 0. The Hall–Kier alpha value is -1.69. The Kier molecular flexibility index (Phi) is 5.12. The van der Waals surface area contributed by atoms with Crippen molar-refractivity contribution >= 4 is 53.7 Å². The Morgan fingerprint density at radius 3 is 2.71 bits per heavy atom. The van der Waals surface area contributed by atoms with Gasteiger partial charge in [-0.1, -0.05) is 41.5 Å². The topological polar surface area (TPSA) is 57.8 Å². The third-order valence-electron chi connectivity index (χ3n) is 2.74.